The highest BCUT2D eigenvalue weighted by molar-refractivity contribution is 7.89. The van der Waals surface area contributed by atoms with Crippen LogP contribution in [0.25, 0.3) is 0 Å². The van der Waals surface area contributed by atoms with Crippen molar-refractivity contribution in [2.45, 2.75) is 76.9 Å². The first-order valence-electron chi connectivity index (χ1n) is 13.6. The maximum absolute atomic E-state index is 13.1. The lowest BCUT2D eigenvalue weighted by Crippen LogP contribution is -2.51. The van der Waals surface area contributed by atoms with Gasteiger partial charge in [0.25, 0.3) is 5.91 Å². The summed E-state index contributed by atoms with van der Waals surface area (Å²) in [6, 6.07) is 5.47. The molecule has 1 saturated carbocycles. The number of rotatable bonds is 10. The first kappa shape index (κ1) is 28.6. The minimum absolute atomic E-state index is 0.0162. The average Bonchev–Trinajstić information content (AvgIpc) is 3.19. The molecule has 0 unspecified atom stereocenters. The molecule has 9 nitrogen and oxygen atoms in total. The molecule has 1 aromatic rings. The number of amidine groups is 1. The van der Waals surface area contributed by atoms with Crippen molar-refractivity contribution in [1.82, 2.24) is 9.62 Å². The number of halogens is 1. The zero-order chi connectivity index (χ0) is 27.3. The molecular formula is C27H39FN4O5S. The fraction of sp³-hybridized carbons (Fsp3) is 0.667. The summed E-state index contributed by atoms with van der Waals surface area (Å²) >= 11 is 0. The molecule has 38 heavy (non-hydrogen) atoms. The predicted molar refractivity (Wildman–Crippen MR) is 144 cm³/mol. The fourth-order valence-corrected chi connectivity index (χ4v) is 7.12. The molecule has 210 valence electrons. The Morgan fingerprint density at radius 3 is 2.58 bits per heavy atom. The summed E-state index contributed by atoms with van der Waals surface area (Å²) in [7, 11) is -3.49. The molecule has 1 saturated heterocycles. The van der Waals surface area contributed by atoms with Gasteiger partial charge in [-0.15, -0.1) is 0 Å². The van der Waals surface area contributed by atoms with Crippen LogP contribution in [-0.2, 0) is 30.8 Å². The van der Waals surface area contributed by atoms with E-state index in [2.05, 4.69) is 10.6 Å². The highest BCUT2D eigenvalue weighted by Gasteiger charge is 2.48. The van der Waals surface area contributed by atoms with Crippen LogP contribution in [0.2, 0.25) is 0 Å². The van der Waals surface area contributed by atoms with E-state index in [1.807, 2.05) is 19.1 Å². The van der Waals surface area contributed by atoms with Gasteiger partial charge in [0.2, 0.25) is 15.9 Å². The number of anilines is 1. The highest BCUT2D eigenvalue weighted by Crippen LogP contribution is 2.35. The second-order valence-corrected chi connectivity index (χ2v) is 12.7. The van der Waals surface area contributed by atoms with E-state index in [1.165, 1.54) is 11.2 Å². The molecule has 3 aliphatic rings. The SMILES string of the molecule is CC(=O)Nc1ccc(CCS(=O)(=O)N2CCC3(CC2)N=C(C2CCC(OCCCF)CC2)NC3=O)c(C)c1. The van der Waals surface area contributed by atoms with E-state index in [4.69, 9.17) is 9.73 Å². The van der Waals surface area contributed by atoms with Crippen molar-refractivity contribution in [2.24, 2.45) is 10.9 Å². The Labute approximate surface area is 224 Å². The van der Waals surface area contributed by atoms with Gasteiger partial charge >= 0.3 is 0 Å². The van der Waals surface area contributed by atoms with Crippen LogP contribution in [0.1, 0.15) is 63.0 Å². The van der Waals surface area contributed by atoms with Gasteiger partial charge in [0.15, 0.2) is 0 Å². The zero-order valence-electron chi connectivity index (χ0n) is 22.3. The number of benzene rings is 1. The first-order valence-corrected chi connectivity index (χ1v) is 15.2. The van der Waals surface area contributed by atoms with Crippen molar-refractivity contribution in [3.05, 3.63) is 29.3 Å². The molecule has 1 aliphatic carbocycles. The van der Waals surface area contributed by atoms with E-state index in [1.54, 1.807) is 6.07 Å². The van der Waals surface area contributed by atoms with E-state index in [-0.39, 0.29) is 49.4 Å². The lowest BCUT2D eigenvalue weighted by molar-refractivity contribution is -0.125. The Bertz CT molecular complexity index is 1160. The Morgan fingerprint density at radius 2 is 1.95 bits per heavy atom. The Kier molecular flexibility index (Phi) is 9.20. The van der Waals surface area contributed by atoms with Crippen LogP contribution in [0.3, 0.4) is 0 Å². The van der Waals surface area contributed by atoms with Crippen molar-refractivity contribution < 1.29 is 27.1 Å². The fourth-order valence-electron chi connectivity index (χ4n) is 5.64. The third-order valence-electron chi connectivity index (χ3n) is 7.93. The summed E-state index contributed by atoms with van der Waals surface area (Å²) in [4.78, 5) is 29.1. The van der Waals surface area contributed by atoms with Crippen LogP contribution in [0.4, 0.5) is 10.1 Å². The number of aryl methyl sites for hydroxylation is 2. The number of carbonyl (C=O) groups is 2. The summed E-state index contributed by atoms with van der Waals surface area (Å²) < 4.78 is 45.7. The van der Waals surface area contributed by atoms with Crippen LogP contribution in [0.5, 0.6) is 0 Å². The van der Waals surface area contributed by atoms with Gasteiger partial charge in [-0.05, 0) is 81.5 Å². The van der Waals surface area contributed by atoms with Crippen molar-refractivity contribution >= 4 is 33.4 Å². The predicted octanol–water partition coefficient (Wildman–Crippen LogP) is 3.12. The number of hydrogen-bond donors (Lipinski definition) is 2. The average molecular weight is 551 g/mol. The third kappa shape index (κ3) is 6.79. The van der Waals surface area contributed by atoms with Crippen LogP contribution >= 0.6 is 0 Å². The van der Waals surface area contributed by atoms with Gasteiger partial charge < -0.3 is 15.4 Å². The molecule has 1 aromatic carbocycles. The molecule has 4 rings (SSSR count). The molecule has 2 aliphatic heterocycles. The molecule has 11 heteroatoms. The summed E-state index contributed by atoms with van der Waals surface area (Å²) in [6.07, 6.45) is 5.12. The van der Waals surface area contributed by atoms with Gasteiger partial charge in [-0.25, -0.2) is 12.7 Å². The number of ether oxygens (including phenoxy) is 1. The minimum Gasteiger partial charge on any atom is -0.378 e. The van der Waals surface area contributed by atoms with E-state index >= 15 is 0 Å². The number of hydrogen-bond acceptors (Lipinski definition) is 6. The maximum Gasteiger partial charge on any atom is 0.253 e. The van der Waals surface area contributed by atoms with Gasteiger partial charge in [0.05, 0.1) is 18.5 Å². The first-order chi connectivity index (χ1) is 18.1. The molecule has 0 bridgehead atoms. The lowest BCUT2D eigenvalue weighted by Gasteiger charge is -2.34. The van der Waals surface area contributed by atoms with Crippen LogP contribution < -0.4 is 10.6 Å². The Balaban J connectivity index is 1.30. The van der Waals surface area contributed by atoms with Crippen molar-refractivity contribution in [3.8, 4) is 0 Å². The summed E-state index contributed by atoms with van der Waals surface area (Å²) in [5, 5.41) is 5.73. The number of aliphatic imine (C=N–C) groups is 1. The van der Waals surface area contributed by atoms with Gasteiger partial charge in [0, 0.05) is 38.2 Å². The summed E-state index contributed by atoms with van der Waals surface area (Å²) in [6.45, 7) is 3.95. The molecule has 2 heterocycles. The van der Waals surface area contributed by atoms with Gasteiger partial charge in [0.1, 0.15) is 11.4 Å². The number of carbonyl (C=O) groups excluding carboxylic acids is 2. The Morgan fingerprint density at radius 1 is 1.24 bits per heavy atom. The Hall–Kier alpha value is -2.37. The van der Waals surface area contributed by atoms with Crippen molar-refractivity contribution in [3.63, 3.8) is 0 Å². The van der Waals surface area contributed by atoms with Gasteiger partial charge in [-0.2, -0.15) is 0 Å². The molecule has 2 amide bonds. The van der Waals surface area contributed by atoms with Crippen LogP contribution in [-0.4, -0.2) is 74.1 Å². The summed E-state index contributed by atoms with van der Waals surface area (Å²) in [5.41, 5.74) is 1.65. The molecule has 0 radical (unpaired) electrons. The third-order valence-corrected chi connectivity index (χ3v) is 9.80. The standard InChI is InChI=1S/C27H39FN4O5S/c1-19-18-23(29-20(2)33)7-4-21(19)10-17-38(35,36)32-14-11-27(12-15-32)26(34)30-25(31-27)22-5-8-24(9-6-22)37-16-3-13-28/h4,7,18,22,24H,3,5-6,8-17H2,1-2H3,(H,29,33)(H,30,31,34). The molecule has 2 N–H and O–H groups in total. The quantitative estimate of drug-likeness (QED) is 0.434. The van der Waals surface area contributed by atoms with Crippen molar-refractivity contribution in [1.29, 1.82) is 0 Å². The summed E-state index contributed by atoms with van der Waals surface area (Å²) in [5.74, 6) is 0.602. The number of nitrogens with zero attached hydrogens (tertiary/aromatic N) is 2. The molecular weight excluding hydrogens is 511 g/mol. The van der Waals surface area contributed by atoms with E-state index in [0.29, 0.717) is 38.0 Å². The lowest BCUT2D eigenvalue weighted by atomic mass is 9.86. The number of amides is 2. The maximum atomic E-state index is 13.1. The number of alkyl halides is 1. The number of piperidine rings is 1. The van der Waals surface area contributed by atoms with E-state index in [0.717, 1.165) is 42.6 Å². The smallest absolute Gasteiger partial charge is 0.253 e. The minimum atomic E-state index is -3.49. The molecule has 0 atom stereocenters. The normalized spacial score (nSPS) is 23.8. The topological polar surface area (TPSA) is 117 Å². The van der Waals surface area contributed by atoms with Crippen LogP contribution in [0.15, 0.2) is 23.2 Å². The zero-order valence-corrected chi connectivity index (χ0v) is 23.1. The second-order valence-electron chi connectivity index (χ2n) is 10.7. The van der Waals surface area contributed by atoms with E-state index in [9.17, 15) is 22.4 Å². The van der Waals surface area contributed by atoms with E-state index < -0.39 is 15.6 Å². The van der Waals surface area contributed by atoms with Crippen molar-refractivity contribution in [2.75, 3.05) is 37.4 Å². The van der Waals surface area contributed by atoms with Gasteiger partial charge in [-0.3, -0.25) is 19.0 Å². The second kappa shape index (κ2) is 12.2. The van der Waals surface area contributed by atoms with Gasteiger partial charge in [-0.1, -0.05) is 6.07 Å². The highest BCUT2D eigenvalue weighted by atomic mass is 32.2. The molecule has 1 spiro atoms. The monoisotopic (exact) mass is 550 g/mol. The largest absolute Gasteiger partial charge is 0.378 e. The molecule has 0 aromatic heterocycles. The number of sulfonamides is 1. The number of nitrogens with one attached hydrogen (secondary N) is 2. The van der Waals surface area contributed by atoms with Crippen LogP contribution in [0, 0.1) is 12.8 Å². The molecule has 2 fully saturated rings.